The van der Waals surface area contributed by atoms with E-state index in [1.165, 1.54) is 0 Å². The van der Waals surface area contributed by atoms with Crippen LogP contribution >= 0.6 is 0 Å². The lowest BCUT2D eigenvalue weighted by atomic mass is 10.1. The molecular formula is C15H27N5O2. The minimum atomic E-state index is -0.342. The van der Waals surface area contributed by atoms with Crippen molar-refractivity contribution in [2.75, 3.05) is 6.54 Å². The molecule has 0 unspecified atom stereocenters. The number of hydrogen-bond acceptors (Lipinski definition) is 3. The highest BCUT2D eigenvalue weighted by atomic mass is 16.2. The minimum Gasteiger partial charge on any atom is -0.352 e. The molecule has 1 aromatic rings. The van der Waals surface area contributed by atoms with E-state index in [1.54, 1.807) is 0 Å². The highest BCUT2D eigenvalue weighted by Gasteiger charge is 2.15. The summed E-state index contributed by atoms with van der Waals surface area (Å²) < 4.78 is 1.84. The molecule has 0 aliphatic rings. The first kappa shape index (κ1) is 18.0. The summed E-state index contributed by atoms with van der Waals surface area (Å²) in [6, 6.07) is -0.326. The average molecular weight is 309 g/mol. The lowest BCUT2D eigenvalue weighted by Crippen LogP contribution is -2.46. The van der Waals surface area contributed by atoms with Crippen LogP contribution in [0.15, 0.2) is 0 Å². The molecule has 0 saturated heterocycles. The van der Waals surface area contributed by atoms with Crippen LogP contribution < -0.4 is 16.0 Å². The maximum atomic E-state index is 11.8. The fourth-order valence-corrected chi connectivity index (χ4v) is 2.28. The zero-order valence-corrected chi connectivity index (χ0v) is 14.3. The van der Waals surface area contributed by atoms with Crippen LogP contribution in [0.4, 0.5) is 4.79 Å². The molecule has 0 saturated carbocycles. The van der Waals surface area contributed by atoms with Gasteiger partial charge in [-0.1, -0.05) is 0 Å². The lowest BCUT2D eigenvalue weighted by molar-refractivity contribution is -0.120. The number of aromatic nitrogens is 2. The fraction of sp³-hybridized carbons (Fsp3) is 0.667. The smallest absolute Gasteiger partial charge is 0.315 e. The van der Waals surface area contributed by atoms with Gasteiger partial charge < -0.3 is 16.0 Å². The second-order valence-corrected chi connectivity index (χ2v) is 5.93. The van der Waals surface area contributed by atoms with Gasteiger partial charge in [0.15, 0.2) is 0 Å². The minimum absolute atomic E-state index is 0.0261. The number of amides is 3. The zero-order chi connectivity index (χ0) is 16.9. The molecule has 1 heterocycles. The van der Waals surface area contributed by atoms with Crippen molar-refractivity contribution in [2.24, 2.45) is 7.05 Å². The summed E-state index contributed by atoms with van der Waals surface area (Å²) in [6.45, 7) is 9.63. The molecule has 0 aliphatic heterocycles. The predicted molar refractivity (Wildman–Crippen MR) is 85.7 cm³/mol. The number of nitrogens with zero attached hydrogens (tertiary/aromatic N) is 2. The number of urea groups is 1. The summed E-state index contributed by atoms with van der Waals surface area (Å²) >= 11 is 0. The molecule has 1 atom stereocenters. The molecule has 0 aromatic carbocycles. The standard InChI is InChI=1S/C15H27N5O2/c1-9(2)17-14(21)8-16-15(22)18-10(3)7-13-11(4)19-20(6)12(13)5/h9-10H,7-8H2,1-6H3,(H,17,21)(H2,16,18,22)/t10-/m1/s1. The van der Waals surface area contributed by atoms with Gasteiger partial charge in [0.1, 0.15) is 0 Å². The molecule has 0 spiro atoms. The Kier molecular flexibility index (Phi) is 6.39. The molecule has 124 valence electrons. The van der Waals surface area contributed by atoms with E-state index in [9.17, 15) is 9.59 Å². The number of nitrogens with one attached hydrogen (secondary N) is 3. The predicted octanol–water partition coefficient (Wildman–Crippen LogP) is 0.792. The molecule has 7 heteroatoms. The van der Waals surface area contributed by atoms with Crippen molar-refractivity contribution in [2.45, 2.75) is 53.1 Å². The molecular weight excluding hydrogens is 282 g/mol. The summed E-state index contributed by atoms with van der Waals surface area (Å²) in [7, 11) is 1.91. The van der Waals surface area contributed by atoms with E-state index >= 15 is 0 Å². The molecule has 3 N–H and O–H groups in total. The molecule has 0 bridgehead atoms. The first-order chi connectivity index (χ1) is 10.2. The van der Waals surface area contributed by atoms with Gasteiger partial charge >= 0.3 is 6.03 Å². The largest absolute Gasteiger partial charge is 0.352 e. The van der Waals surface area contributed by atoms with Crippen molar-refractivity contribution in [3.8, 4) is 0 Å². The Bertz CT molecular complexity index is 536. The first-order valence-corrected chi connectivity index (χ1v) is 7.53. The molecule has 1 rings (SSSR count). The fourth-order valence-electron chi connectivity index (χ4n) is 2.28. The Morgan fingerprint density at radius 1 is 1.18 bits per heavy atom. The van der Waals surface area contributed by atoms with Crippen LogP contribution in [0.25, 0.3) is 0 Å². The van der Waals surface area contributed by atoms with Crippen molar-refractivity contribution in [3.63, 3.8) is 0 Å². The number of carbonyl (C=O) groups excluding carboxylic acids is 2. The van der Waals surface area contributed by atoms with E-state index in [2.05, 4.69) is 21.0 Å². The Hall–Kier alpha value is -2.05. The molecule has 3 amide bonds. The summed E-state index contributed by atoms with van der Waals surface area (Å²) in [5.74, 6) is -0.197. The topological polar surface area (TPSA) is 88.1 Å². The highest BCUT2D eigenvalue weighted by Crippen LogP contribution is 2.13. The van der Waals surface area contributed by atoms with Gasteiger partial charge in [0, 0.05) is 24.8 Å². The van der Waals surface area contributed by atoms with Gasteiger partial charge in [-0.05, 0) is 46.6 Å². The van der Waals surface area contributed by atoms with Crippen LogP contribution in [-0.2, 0) is 18.3 Å². The van der Waals surface area contributed by atoms with Gasteiger partial charge in [0.25, 0.3) is 0 Å². The quantitative estimate of drug-likeness (QED) is 0.726. The Balaban J connectivity index is 2.43. The maximum Gasteiger partial charge on any atom is 0.315 e. The normalized spacial score (nSPS) is 12.1. The van der Waals surface area contributed by atoms with Crippen molar-refractivity contribution >= 4 is 11.9 Å². The van der Waals surface area contributed by atoms with Crippen LogP contribution in [-0.4, -0.2) is 40.3 Å². The van der Waals surface area contributed by atoms with Crippen molar-refractivity contribution in [1.82, 2.24) is 25.7 Å². The monoisotopic (exact) mass is 309 g/mol. The Morgan fingerprint density at radius 3 is 2.32 bits per heavy atom. The van der Waals surface area contributed by atoms with Crippen molar-refractivity contribution in [1.29, 1.82) is 0 Å². The van der Waals surface area contributed by atoms with Crippen molar-refractivity contribution in [3.05, 3.63) is 17.0 Å². The van der Waals surface area contributed by atoms with E-state index in [-0.39, 0.29) is 30.6 Å². The van der Waals surface area contributed by atoms with E-state index in [1.807, 2.05) is 46.3 Å². The van der Waals surface area contributed by atoms with E-state index in [0.29, 0.717) is 6.42 Å². The number of carbonyl (C=O) groups is 2. The summed E-state index contributed by atoms with van der Waals surface area (Å²) in [5, 5.41) is 12.5. The first-order valence-electron chi connectivity index (χ1n) is 7.53. The van der Waals surface area contributed by atoms with Crippen LogP contribution in [0.3, 0.4) is 0 Å². The van der Waals surface area contributed by atoms with Crippen LogP contribution in [0.2, 0.25) is 0 Å². The van der Waals surface area contributed by atoms with Gasteiger partial charge in [0.05, 0.1) is 12.2 Å². The average Bonchev–Trinajstić information content (AvgIpc) is 2.62. The number of rotatable bonds is 6. The number of hydrogen-bond donors (Lipinski definition) is 3. The third-order valence-corrected chi connectivity index (χ3v) is 3.41. The zero-order valence-electron chi connectivity index (χ0n) is 14.3. The second kappa shape index (κ2) is 7.82. The van der Waals surface area contributed by atoms with Crippen LogP contribution in [0, 0.1) is 13.8 Å². The summed E-state index contributed by atoms with van der Waals surface area (Å²) in [4.78, 5) is 23.2. The van der Waals surface area contributed by atoms with Gasteiger partial charge in [-0.2, -0.15) is 5.10 Å². The van der Waals surface area contributed by atoms with E-state index < -0.39 is 0 Å². The molecule has 22 heavy (non-hydrogen) atoms. The SMILES string of the molecule is Cc1nn(C)c(C)c1C[C@@H](C)NC(=O)NCC(=O)NC(C)C. The highest BCUT2D eigenvalue weighted by molar-refractivity contribution is 5.84. The van der Waals surface area contributed by atoms with Crippen LogP contribution in [0.1, 0.15) is 37.7 Å². The van der Waals surface area contributed by atoms with E-state index in [0.717, 1.165) is 17.0 Å². The maximum absolute atomic E-state index is 11.8. The third-order valence-electron chi connectivity index (χ3n) is 3.41. The van der Waals surface area contributed by atoms with Crippen LogP contribution in [0.5, 0.6) is 0 Å². The second-order valence-electron chi connectivity index (χ2n) is 5.93. The molecule has 0 fully saturated rings. The number of aryl methyl sites for hydroxylation is 2. The molecule has 1 aromatic heterocycles. The van der Waals surface area contributed by atoms with Gasteiger partial charge in [-0.3, -0.25) is 9.48 Å². The molecule has 0 aliphatic carbocycles. The lowest BCUT2D eigenvalue weighted by Gasteiger charge is -2.15. The van der Waals surface area contributed by atoms with Crippen molar-refractivity contribution < 1.29 is 9.59 Å². The van der Waals surface area contributed by atoms with Gasteiger partial charge in [-0.15, -0.1) is 0 Å². The summed E-state index contributed by atoms with van der Waals surface area (Å²) in [5.41, 5.74) is 3.22. The van der Waals surface area contributed by atoms with Gasteiger partial charge in [0.2, 0.25) is 5.91 Å². The molecule has 0 radical (unpaired) electrons. The van der Waals surface area contributed by atoms with Gasteiger partial charge in [-0.25, -0.2) is 4.79 Å². The summed E-state index contributed by atoms with van der Waals surface area (Å²) in [6.07, 6.45) is 0.705. The third kappa shape index (κ3) is 5.38. The van der Waals surface area contributed by atoms with E-state index in [4.69, 9.17) is 0 Å². The Labute approximate surface area is 131 Å². The molecule has 7 nitrogen and oxygen atoms in total. The Morgan fingerprint density at radius 2 is 1.82 bits per heavy atom.